The van der Waals surface area contributed by atoms with Gasteiger partial charge in [0.2, 0.25) is 11.7 Å². The van der Waals surface area contributed by atoms with Crippen LogP contribution < -0.4 is 10.6 Å². The van der Waals surface area contributed by atoms with Crippen molar-refractivity contribution in [1.29, 1.82) is 0 Å². The monoisotopic (exact) mass is 390 g/mol. The molecule has 0 bridgehead atoms. The van der Waals surface area contributed by atoms with Gasteiger partial charge in [-0.15, -0.1) is 10.2 Å². The number of nitrogens with one attached hydrogen (secondary N) is 2. The first-order valence-corrected chi connectivity index (χ1v) is 9.72. The van der Waals surface area contributed by atoms with Crippen molar-refractivity contribution in [2.24, 2.45) is 0 Å². The summed E-state index contributed by atoms with van der Waals surface area (Å²) in [5.74, 6) is 0.00975. The highest BCUT2D eigenvalue weighted by Gasteiger charge is 2.19. The van der Waals surface area contributed by atoms with Crippen LogP contribution in [0.15, 0.2) is 54.6 Å². The van der Waals surface area contributed by atoms with Crippen LogP contribution in [-0.4, -0.2) is 38.1 Å². The average Bonchev–Trinajstić information content (AvgIpc) is 3.41. The molecular formula is C21H22N6O2. The summed E-state index contributed by atoms with van der Waals surface area (Å²) < 4.78 is 0. The molecule has 1 aliphatic carbocycles. The van der Waals surface area contributed by atoms with E-state index in [-0.39, 0.29) is 24.4 Å². The third-order valence-electron chi connectivity index (χ3n) is 4.91. The van der Waals surface area contributed by atoms with Crippen molar-refractivity contribution < 1.29 is 9.59 Å². The van der Waals surface area contributed by atoms with Gasteiger partial charge in [-0.05, 0) is 42.3 Å². The molecule has 0 unspecified atom stereocenters. The predicted molar refractivity (Wildman–Crippen MR) is 108 cm³/mol. The number of para-hydroxylation sites is 1. The first kappa shape index (κ1) is 18.8. The smallest absolute Gasteiger partial charge is 0.255 e. The number of tetrazole rings is 1. The molecule has 148 valence electrons. The molecule has 29 heavy (non-hydrogen) atoms. The van der Waals surface area contributed by atoms with Crippen molar-refractivity contribution in [3.63, 3.8) is 0 Å². The van der Waals surface area contributed by atoms with Crippen LogP contribution in [0.1, 0.15) is 36.0 Å². The van der Waals surface area contributed by atoms with Crippen LogP contribution in [0.4, 0.5) is 5.69 Å². The Kier molecular flexibility index (Phi) is 5.60. The summed E-state index contributed by atoms with van der Waals surface area (Å²) in [6.07, 6.45) is 4.36. The van der Waals surface area contributed by atoms with Gasteiger partial charge in [0.15, 0.2) is 0 Å². The van der Waals surface area contributed by atoms with Crippen molar-refractivity contribution in [2.45, 2.75) is 38.3 Å². The van der Waals surface area contributed by atoms with Crippen LogP contribution in [-0.2, 0) is 11.3 Å². The maximum Gasteiger partial charge on any atom is 0.255 e. The summed E-state index contributed by atoms with van der Waals surface area (Å²) in [4.78, 5) is 25.9. The highest BCUT2D eigenvalue weighted by atomic mass is 16.2. The molecule has 0 radical (unpaired) electrons. The fourth-order valence-corrected chi connectivity index (χ4v) is 3.46. The lowest BCUT2D eigenvalue weighted by molar-refractivity contribution is -0.122. The summed E-state index contributed by atoms with van der Waals surface area (Å²) in [7, 11) is 0. The molecule has 1 heterocycles. The van der Waals surface area contributed by atoms with E-state index in [1.807, 2.05) is 30.3 Å². The van der Waals surface area contributed by atoms with E-state index in [0.29, 0.717) is 22.6 Å². The molecule has 2 aromatic carbocycles. The van der Waals surface area contributed by atoms with Crippen molar-refractivity contribution in [2.75, 3.05) is 5.32 Å². The fraction of sp³-hybridized carbons (Fsp3) is 0.286. The number of carbonyl (C=O) groups excluding carboxylic acids is 2. The lowest BCUT2D eigenvalue weighted by Gasteiger charge is -2.10. The molecule has 0 atom stereocenters. The van der Waals surface area contributed by atoms with Gasteiger partial charge >= 0.3 is 0 Å². The third-order valence-corrected chi connectivity index (χ3v) is 4.91. The largest absolute Gasteiger partial charge is 0.352 e. The second kappa shape index (κ2) is 8.64. The lowest BCUT2D eigenvalue weighted by Crippen LogP contribution is -2.35. The zero-order chi connectivity index (χ0) is 20.1. The van der Waals surface area contributed by atoms with E-state index in [1.54, 1.807) is 24.3 Å². The Hall–Kier alpha value is -3.55. The van der Waals surface area contributed by atoms with Gasteiger partial charge in [0, 0.05) is 17.2 Å². The Bertz CT molecular complexity index is 995. The first-order chi connectivity index (χ1) is 14.2. The summed E-state index contributed by atoms with van der Waals surface area (Å²) >= 11 is 0. The van der Waals surface area contributed by atoms with E-state index in [9.17, 15) is 9.59 Å². The second-order valence-corrected chi connectivity index (χ2v) is 7.06. The molecule has 0 spiro atoms. The number of aromatic nitrogens is 4. The van der Waals surface area contributed by atoms with Crippen molar-refractivity contribution in [3.8, 4) is 11.4 Å². The van der Waals surface area contributed by atoms with Crippen molar-refractivity contribution in [3.05, 3.63) is 60.2 Å². The van der Waals surface area contributed by atoms with Crippen molar-refractivity contribution in [1.82, 2.24) is 25.5 Å². The Morgan fingerprint density at radius 2 is 1.72 bits per heavy atom. The maximum atomic E-state index is 12.5. The molecule has 3 aromatic rings. The van der Waals surface area contributed by atoms with E-state index in [1.165, 1.54) is 4.80 Å². The zero-order valence-corrected chi connectivity index (χ0v) is 15.9. The van der Waals surface area contributed by atoms with E-state index >= 15 is 0 Å². The molecule has 1 fully saturated rings. The fourth-order valence-electron chi connectivity index (χ4n) is 3.46. The number of hydrogen-bond acceptors (Lipinski definition) is 5. The van der Waals surface area contributed by atoms with Gasteiger partial charge in [0.1, 0.15) is 6.54 Å². The van der Waals surface area contributed by atoms with Gasteiger partial charge in [-0.3, -0.25) is 9.59 Å². The predicted octanol–water partition coefficient (Wildman–Crippen LogP) is 2.65. The zero-order valence-electron chi connectivity index (χ0n) is 15.9. The summed E-state index contributed by atoms with van der Waals surface area (Å²) in [5.41, 5.74) is 1.78. The molecule has 0 aliphatic heterocycles. The van der Waals surface area contributed by atoms with Crippen LogP contribution in [0.5, 0.6) is 0 Å². The Morgan fingerprint density at radius 1 is 1.00 bits per heavy atom. The maximum absolute atomic E-state index is 12.5. The molecule has 8 nitrogen and oxygen atoms in total. The number of carbonyl (C=O) groups is 2. The average molecular weight is 390 g/mol. The number of anilines is 1. The van der Waals surface area contributed by atoms with Crippen LogP contribution in [0.3, 0.4) is 0 Å². The SMILES string of the molecule is O=C(Cn1nnc(-c2ccccc2NC(=O)c2ccccc2)n1)NC1CCCC1. The number of amides is 2. The minimum absolute atomic E-state index is 0.0159. The van der Waals surface area contributed by atoms with E-state index in [2.05, 4.69) is 26.0 Å². The quantitative estimate of drug-likeness (QED) is 0.674. The van der Waals surface area contributed by atoms with Gasteiger partial charge in [-0.25, -0.2) is 0 Å². The normalized spacial score (nSPS) is 13.9. The Balaban J connectivity index is 1.46. The van der Waals surface area contributed by atoms with Gasteiger partial charge in [0.25, 0.3) is 5.91 Å². The van der Waals surface area contributed by atoms with Gasteiger partial charge in [-0.1, -0.05) is 43.2 Å². The minimum atomic E-state index is -0.221. The van der Waals surface area contributed by atoms with Gasteiger partial charge < -0.3 is 10.6 Å². The van der Waals surface area contributed by atoms with Crippen molar-refractivity contribution >= 4 is 17.5 Å². The topological polar surface area (TPSA) is 102 Å². The standard InChI is InChI=1S/C21H22N6O2/c28-19(22-16-10-4-5-11-16)14-27-25-20(24-26-27)17-12-6-7-13-18(17)23-21(29)15-8-2-1-3-9-15/h1-3,6-9,12-13,16H,4-5,10-11,14H2,(H,22,28)(H,23,29). The molecule has 1 saturated carbocycles. The highest BCUT2D eigenvalue weighted by molar-refractivity contribution is 6.05. The summed E-state index contributed by atoms with van der Waals surface area (Å²) in [6, 6.07) is 16.5. The summed E-state index contributed by atoms with van der Waals surface area (Å²) in [5, 5.41) is 18.3. The Morgan fingerprint density at radius 3 is 2.52 bits per heavy atom. The highest BCUT2D eigenvalue weighted by Crippen LogP contribution is 2.25. The van der Waals surface area contributed by atoms with Crippen LogP contribution in [0.25, 0.3) is 11.4 Å². The number of nitrogens with zero attached hydrogens (tertiary/aromatic N) is 4. The van der Waals surface area contributed by atoms with E-state index < -0.39 is 0 Å². The molecule has 4 rings (SSSR count). The first-order valence-electron chi connectivity index (χ1n) is 9.72. The number of benzene rings is 2. The molecule has 1 aromatic heterocycles. The molecule has 8 heteroatoms. The molecule has 0 saturated heterocycles. The third kappa shape index (κ3) is 4.66. The lowest BCUT2D eigenvalue weighted by atomic mass is 10.1. The van der Waals surface area contributed by atoms with Crippen LogP contribution in [0.2, 0.25) is 0 Å². The van der Waals surface area contributed by atoms with Crippen LogP contribution >= 0.6 is 0 Å². The van der Waals surface area contributed by atoms with E-state index in [0.717, 1.165) is 25.7 Å². The molecular weight excluding hydrogens is 368 g/mol. The Labute approximate surface area is 168 Å². The molecule has 2 amide bonds. The van der Waals surface area contributed by atoms with Crippen LogP contribution in [0, 0.1) is 0 Å². The second-order valence-electron chi connectivity index (χ2n) is 7.06. The van der Waals surface area contributed by atoms with E-state index in [4.69, 9.17) is 0 Å². The minimum Gasteiger partial charge on any atom is -0.352 e. The molecule has 2 N–H and O–H groups in total. The number of rotatable bonds is 6. The summed E-state index contributed by atoms with van der Waals surface area (Å²) in [6.45, 7) is 0.0159. The van der Waals surface area contributed by atoms with Gasteiger partial charge in [-0.2, -0.15) is 4.80 Å². The molecule has 1 aliphatic rings. The van der Waals surface area contributed by atoms with Gasteiger partial charge in [0.05, 0.1) is 5.69 Å². The number of hydrogen-bond donors (Lipinski definition) is 2.